The van der Waals surface area contributed by atoms with Gasteiger partial charge in [-0.05, 0) is 49.2 Å². The maximum absolute atomic E-state index is 12.3. The standard InChI is InChI=1S/C23H24ClN5O3S/c24-17-9-6-15(7-10-17)22-27-28-23(29(22)18-4-2-1-3-5-18)33-14-21(32)26-25-13-16-8-11-19(30)12-20(16)31/h6-13,18,30-31H,1-5,14H2,(H,26,32)/b25-13+. The molecule has 1 saturated carbocycles. The van der Waals surface area contributed by atoms with E-state index in [0.29, 0.717) is 21.8 Å². The Bertz CT molecular complexity index is 1140. The smallest absolute Gasteiger partial charge is 0.250 e. The summed E-state index contributed by atoms with van der Waals surface area (Å²) in [4.78, 5) is 12.3. The summed E-state index contributed by atoms with van der Waals surface area (Å²) in [6.45, 7) is 0. The molecular weight excluding hydrogens is 462 g/mol. The van der Waals surface area contributed by atoms with Gasteiger partial charge in [-0.2, -0.15) is 5.10 Å². The Balaban J connectivity index is 1.45. The SMILES string of the molecule is O=C(CSc1nnc(-c2ccc(Cl)cc2)n1C1CCCCC1)N/N=C/c1ccc(O)cc1O. The van der Waals surface area contributed by atoms with E-state index in [0.717, 1.165) is 37.1 Å². The second kappa shape index (κ2) is 10.7. The fourth-order valence-corrected chi connectivity index (χ4v) is 4.74. The topological polar surface area (TPSA) is 113 Å². The van der Waals surface area contributed by atoms with Crippen LogP contribution in [0.1, 0.15) is 43.7 Å². The second-order valence-corrected chi connectivity index (χ2v) is 9.18. The molecule has 0 aliphatic heterocycles. The van der Waals surface area contributed by atoms with Crippen LogP contribution in [0.3, 0.4) is 0 Å². The lowest BCUT2D eigenvalue weighted by atomic mass is 9.95. The molecule has 10 heteroatoms. The van der Waals surface area contributed by atoms with Crippen LogP contribution in [0, 0.1) is 0 Å². The molecule has 1 amide bonds. The zero-order chi connectivity index (χ0) is 23.2. The molecule has 1 aliphatic carbocycles. The molecule has 1 aliphatic rings. The fraction of sp³-hybridized carbons (Fsp3) is 0.304. The summed E-state index contributed by atoms with van der Waals surface area (Å²) < 4.78 is 2.15. The van der Waals surface area contributed by atoms with E-state index in [-0.39, 0.29) is 23.2 Å². The molecule has 3 N–H and O–H groups in total. The van der Waals surface area contributed by atoms with Gasteiger partial charge in [0.15, 0.2) is 11.0 Å². The second-order valence-electron chi connectivity index (χ2n) is 7.80. The van der Waals surface area contributed by atoms with Crippen LogP contribution in [-0.4, -0.2) is 42.9 Å². The van der Waals surface area contributed by atoms with Crippen molar-refractivity contribution in [1.82, 2.24) is 20.2 Å². The molecular formula is C23H24ClN5O3S. The Morgan fingerprint density at radius 3 is 2.64 bits per heavy atom. The zero-order valence-corrected chi connectivity index (χ0v) is 19.4. The van der Waals surface area contributed by atoms with E-state index in [2.05, 4.69) is 25.3 Å². The van der Waals surface area contributed by atoms with Crippen LogP contribution in [-0.2, 0) is 4.79 Å². The maximum atomic E-state index is 12.3. The zero-order valence-electron chi connectivity index (χ0n) is 17.8. The summed E-state index contributed by atoms with van der Waals surface area (Å²) in [6.07, 6.45) is 6.98. The number of halogens is 1. The summed E-state index contributed by atoms with van der Waals surface area (Å²) in [5.41, 5.74) is 3.77. The molecule has 1 heterocycles. The number of carbonyl (C=O) groups excluding carboxylic acids is 1. The Morgan fingerprint density at radius 1 is 1.15 bits per heavy atom. The van der Waals surface area contributed by atoms with Gasteiger partial charge in [0.25, 0.3) is 5.91 Å². The highest BCUT2D eigenvalue weighted by molar-refractivity contribution is 7.99. The van der Waals surface area contributed by atoms with Gasteiger partial charge in [0.05, 0.1) is 12.0 Å². The van der Waals surface area contributed by atoms with E-state index in [1.54, 1.807) is 0 Å². The lowest BCUT2D eigenvalue weighted by Crippen LogP contribution is -2.20. The molecule has 3 aromatic rings. The first-order valence-electron chi connectivity index (χ1n) is 10.7. The highest BCUT2D eigenvalue weighted by atomic mass is 35.5. The Labute approximate surface area is 200 Å². The van der Waals surface area contributed by atoms with E-state index in [9.17, 15) is 15.0 Å². The van der Waals surface area contributed by atoms with Gasteiger partial charge in [-0.15, -0.1) is 10.2 Å². The molecule has 172 valence electrons. The molecule has 0 unspecified atom stereocenters. The molecule has 33 heavy (non-hydrogen) atoms. The van der Waals surface area contributed by atoms with Gasteiger partial charge in [0.2, 0.25) is 0 Å². The van der Waals surface area contributed by atoms with E-state index in [1.807, 2.05) is 24.3 Å². The van der Waals surface area contributed by atoms with Crippen LogP contribution in [0.4, 0.5) is 0 Å². The van der Waals surface area contributed by atoms with Crippen molar-refractivity contribution in [3.8, 4) is 22.9 Å². The van der Waals surface area contributed by atoms with Gasteiger partial charge < -0.3 is 10.2 Å². The number of hydrogen-bond acceptors (Lipinski definition) is 7. The molecule has 0 bridgehead atoms. The quantitative estimate of drug-likeness (QED) is 0.253. The first-order valence-corrected chi connectivity index (χ1v) is 12.0. The average molecular weight is 486 g/mol. The molecule has 1 fully saturated rings. The third kappa shape index (κ3) is 5.85. The summed E-state index contributed by atoms with van der Waals surface area (Å²) in [5, 5.41) is 33.2. The van der Waals surface area contributed by atoms with Crippen LogP contribution in [0.2, 0.25) is 5.02 Å². The maximum Gasteiger partial charge on any atom is 0.250 e. The first-order chi connectivity index (χ1) is 16.0. The summed E-state index contributed by atoms with van der Waals surface area (Å²) in [5.74, 6) is 0.413. The van der Waals surface area contributed by atoms with Gasteiger partial charge >= 0.3 is 0 Å². The van der Waals surface area contributed by atoms with E-state index in [4.69, 9.17) is 11.6 Å². The van der Waals surface area contributed by atoms with Crippen LogP contribution in [0.5, 0.6) is 11.5 Å². The van der Waals surface area contributed by atoms with Gasteiger partial charge in [-0.1, -0.05) is 42.6 Å². The minimum atomic E-state index is -0.305. The number of aromatic nitrogens is 3. The van der Waals surface area contributed by atoms with E-state index in [1.165, 1.54) is 42.6 Å². The minimum Gasteiger partial charge on any atom is -0.508 e. The van der Waals surface area contributed by atoms with Crippen LogP contribution in [0.15, 0.2) is 52.7 Å². The van der Waals surface area contributed by atoms with Gasteiger partial charge in [0, 0.05) is 28.3 Å². The number of aromatic hydroxyl groups is 2. The summed E-state index contributed by atoms with van der Waals surface area (Å²) >= 11 is 7.36. The number of nitrogens with one attached hydrogen (secondary N) is 1. The Hall–Kier alpha value is -3.04. The Morgan fingerprint density at radius 2 is 1.91 bits per heavy atom. The lowest BCUT2D eigenvalue weighted by Gasteiger charge is -2.25. The number of thioether (sulfide) groups is 1. The first kappa shape index (κ1) is 23.1. The monoisotopic (exact) mass is 485 g/mol. The average Bonchev–Trinajstić information content (AvgIpc) is 3.24. The number of amides is 1. The number of hydrazone groups is 1. The van der Waals surface area contributed by atoms with Crippen molar-refractivity contribution in [3.05, 3.63) is 53.1 Å². The van der Waals surface area contributed by atoms with E-state index < -0.39 is 0 Å². The van der Waals surface area contributed by atoms with Gasteiger partial charge in [0.1, 0.15) is 11.5 Å². The fourth-order valence-electron chi connectivity index (χ4n) is 3.82. The molecule has 1 aromatic heterocycles. The summed E-state index contributed by atoms with van der Waals surface area (Å²) in [7, 11) is 0. The molecule has 8 nitrogen and oxygen atoms in total. The van der Waals surface area contributed by atoms with Crippen molar-refractivity contribution < 1.29 is 15.0 Å². The number of rotatable bonds is 7. The number of nitrogens with zero attached hydrogens (tertiary/aromatic N) is 4. The third-order valence-electron chi connectivity index (χ3n) is 5.45. The van der Waals surface area contributed by atoms with Crippen molar-refractivity contribution in [3.63, 3.8) is 0 Å². The largest absolute Gasteiger partial charge is 0.508 e. The van der Waals surface area contributed by atoms with Crippen LogP contribution in [0.25, 0.3) is 11.4 Å². The molecule has 2 aromatic carbocycles. The predicted octanol–water partition coefficient (Wildman–Crippen LogP) is 4.76. The predicted molar refractivity (Wildman–Crippen MR) is 129 cm³/mol. The number of phenols is 2. The number of phenolic OH excluding ortho intramolecular Hbond substituents is 2. The van der Waals surface area contributed by atoms with Crippen molar-refractivity contribution in [2.75, 3.05) is 5.75 Å². The van der Waals surface area contributed by atoms with Gasteiger partial charge in [-0.3, -0.25) is 9.36 Å². The number of benzene rings is 2. The molecule has 4 rings (SSSR count). The summed E-state index contributed by atoms with van der Waals surface area (Å²) in [6, 6.07) is 12.0. The van der Waals surface area contributed by atoms with Crippen LogP contribution < -0.4 is 5.43 Å². The minimum absolute atomic E-state index is 0.0508. The van der Waals surface area contributed by atoms with Crippen molar-refractivity contribution >= 4 is 35.5 Å². The Kier molecular flexibility index (Phi) is 7.51. The molecule has 0 saturated heterocycles. The van der Waals surface area contributed by atoms with E-state index >= 15 is 0 Å². The highest BCUT2D eigenvalue weighted by Crippen LogP contribution is 2.35. The normalized spacial score (nSPS) is 14.6. The van der Waals surface area contributed by atoms with Crippen LogP contribution >= 0.6 is 23.4 Å². The molecule has 0 radical (unpaired) electrons. The molecule has 0 atom stereocenters. The van der Waals surface area contributed by atoms with Crippen molar-refractivity contribution in [2.45, 2.75) is 43.3 Å². The van der Waals surface area contributed by atoms with Gasteiger partial charge in [-0.25, -0.2) is 5.43 Å². The lowest BCUT2D eigenvalue weighted by molar-refractivity contribution is -0.118. The number of carbonyl (C=O) groups is 1. The van der Waals surface area contributed by atoms with Crippen molar-refractivity contribution in [1.29, 1.82) is 0 Å². The van der Waals surface area contributed by atoms with Crippen molar-refractivity contribution in [2.24, 2.45) is 5.10 Å². The number of hydrogen-bond donors (Lipinski definition) is 3. The highest BCUT2D eigenvalue weighted by Gasteiger charge is 2.24. The third-order valence-corrected chi connectivity index (χ3v) is 6.64. The molecule has 0 spiro atoms.